The zero-order valence-electron chi connectivity index (χ0n) is 36.1. The summed E-state index contributed by atoms with van der Waals surface area (Å²) in [4.78, 5) is 38.6. The molecule has 0 aromatic carbocycles. The van der Waals surface area contributed by atoms with Crippen LogP contribution in [-0.4, -0.2) is 53.9 Å². The maximum Gasteiger partial charge on any atom is 0.414 e. The van der Waals surface area contributed by atoms with Crippen LogP contribution < -0.4 is 16.0 Å². The fourth-order valence-corrected chi connectivity index (χ4v) is 13.8. The Morgan fingerprint density at radius 1 is 0.796 bits per heavy atom. The van der Waals surface area contributed by atoms with Crippen LogP contribution in [0.25, 0.3) is 0 Å². The first kappa shape index (κ1) is 43.2. The molecule has 5 aliphatic rings. The number of hydrogen-bond acceptors (Lipinski definition) is 6. The maximum atomic E-state index is 14.5. The largest absolute Gasteiger partial charge is 0.444 e. The molecule has 0 spiro atoms. The van der Waals surface area contributed by atoms with Gasteiger partial charge in [-0.1, -0.05) is 72.5 Å². The van der Waals surface area contributed by atoms with Crippen molar-refractivity contribution in [2.45, 2.75) is 190 Å². The van der Waals surface area contributed by atoms with Gasteiger partial charge in [0, 0.05) is 6.54 Å². The SMILES string of the molecule is C=C(C)[C@@H]1CC[C@]2(C(=O)NCCCCCCCCN[C@@H](C)C(=O)NC(=O)OC(C)(C)C)CC[C@]3(C)[C@H](CC[C@@H]4[C@@]5(C)CC[C@H](O)C(C)(C)[C@@H]5CC[C@]43C)[C@@H]12. The predicted molar refractivity (Wildman–Crippen MR) is 218 cm³/mol. The monoisotopic (exact) mass is 754 g/mol. The fraction of sp³-hybridized carbons (Fsp3) is 0.891. The van der Waals surface area contributed by atoms with Gasteiger partial charge in [-0.15, -0.1) is 0 Å². The van der Waals surface area contributed by atoms with Crippen molar-refractivity contribution in [2.75, 3.05) is 13.1 Å². The van der Waals surface area contributed by atoms with E-state index in [0.29, 0.717) is 35.5 Å². The smallest absolute Gasteiger partial charge is 0.414 e. The van der Waals surface area contributed by atoms with Gasteiger partial charge >= 0.3 is 6.09 Å². The van der Waals surface area contributed by atoms with E-state index in [0.717, 1.165) is 90.1 Å². The summed E-state index contributed by atoms with van der Waals surface area (Å²) in [6.45, 7) is 27.9. The summed E-state index contributed by atoms with van der Waals surface area (Å²) in [7, 11) is 0. The molecule has 0 bridgehead atoms. The number of ether oxygens (including phenoxy) is 1. The number of rotatable bonds is 13. The number of unbranched alkanes of at least 4 members (excludes halogenated alkanes) is 5. The van der Waals surface area contributed by atoms with Gasteiger partial charge in [-0.25, -0.2) is 4.79 Å². The minimum absolute atomic E-state index is 0.0358. The Labute approximate surface area is 328 Å². The van der Waals surface area contributed by atoms with Crippen LogP contribution in [0.5, 0.6) is 0 Å². The number of carbonyl (C=O) groups is 3. The van der Waals surface area contributed by atoms with E-state index in [1.165, 1.54) is 31.3 Å². The molecule has 5 aliphatic carbocycles. The number of amides is 3. The number of alkyl carbamates (subject to hydrolysis) is 1. The number of nitrogens with one attached hydrogen (secondary N) is 3. The summed E-state index contributed by atoms with van der Waals surface area (Å²) >= 11 is 0. The zero-order chi connectivity index (χ0) is 39.9. The fourth-order valence-electron chi connectivity index (χ4n) is 13.8. The van der Waals surface area contributed by atoms with Crippen LogP contribution in [0, 0.1) is 56.7 Å². The highest BCUT2D eigenvalue weighted by molar-refractivity contribution is 5.94. The average Bonchev–Trinajstić information content (AvgIpc) is 3.48. The van der Waals surface area contributed by atoms with Crippen molar-refractivity contribution in [3.05, 3.63) is 12.2 Å². The summed E-state index contributed by atoms with van der Waals surface area (Å²) < 4.78 is 5.17. The standard InChI is InChI=1S/C46H79N3O5/c1-30(2)32-20-25-46(39(52)48-29-17-15-13-12-14-16-28-47-31(3)38(51)49-40(53)54-41(4,5)6)27-26-44(10)33(37(32)46)18-19-35-43(9)23-22-36(50)42(7,8)34(43)21-24-45(35,44)11/h31-37,47,50H,1,12-29H2,2-11H3,(H,48,52)(H,49,51,53)/t31-,32-,33+,34-,35+,36-,37+,43-,44+,45+,46-/m0/s1. The van der Waals surface area contributed by atoms with Gasteiger partial charge in [0.15, 0.2) is 0 Å². The first-order chi connectivity index (χ1) is 25.1. The van der Waals surface area contributed by atoms with Crippen molar-refractivity contribution in [3.63, 3.8) is 0 Å². The zero-order valence-corrected chi connectivity index (χ0v) is 36.1. The minimum atomic E-state index is -0.715. The molecule has 0 saturated heterocycles. The molecule has 5 rings (SSSR count). The Balaban J connectivity index is 1.10. The van der Waals surface area contributed by atoms with E-state index >= 15 is 0 Å². The number of aliphatic hydroxyl groups is 1. The molecule has 0 radical (unpaired) electrons. The number of fused-ring (bicyclic) bond motifs is 7. The van der Waals surface area contributed by atoms with Crippen molar-refractivity contribution < 1.29 is 24.2 Å². The van der Waals surface area contributed by atoms with Crippen molar-refractivity contribution in [2.24, 2.45) is 56.7 Å². The molecule has 0 heterocycles. The van der Waals surface area contributed by atoms with E-state index in [9.17, 15) is 19.5 Å². The molecule has 4 N–H and O–H groups in total. The lowest BCUT2D eigenvalue weighted by molar-refractivity contribution is -0.246. The predicted octanol–water partition coefficient (Wildman–Crippen LogP) is 9.49. The van der Waals surface area contributed by atoms with Gasteiger partial charge in [-0.05, 0) is 169 Å². The molecule has 0 aromatic heterocycles. The Kier molecular flexibility index (Phi) is 12.9. The molecular weight excluding hydrogens is 675 g/mol. The molecule has 0 aliphatic heterocycles. The van der Waals surface area contributed by atoms with E-state index in [1.807, 2.05) is 0 Å². The number of hydrogen-bond donors (Lipinski definition) is 4. The van der Waals surface area contributed by atoms with Crippen LogP contribution in [0.2, 0.25) is 0 Å². The lowest BCUT2D eigenvalue weighted by atomic mass is 9.32. The lowest BCUT2D eigenvalue weighted by Crippen LogP contribution is -2.67. The topological polar surface area (TPSA) is 117 Å². The van der Waals surface area contributed by atoms with Crippen molar-refractivity contribution >= 4 is 17.9 Å². The molecule has 54 heavy (non-hydrogen) atoms. The third kappa shape index (κ3) is 7.96. The van der Waals surface area contributed by atoms with E-state index in [4.69, 9.17) is 4.74 Å². The Hall–Kier alpha value is -1.93. The number of imide groups is 1. The molecule has 3 amide bonds. The Morgan fingerprint density at radius 2 is 1.44 bits per heavy atom. The molecule has 8 heteroatoms. The second-order valence-electron chi connectivity index (χ2n) is 21.3. The molecule has 8 nitrogen and oxygen atoms in total. The van der Waals surface area contributed by atoms with E-state index in [2.05, 4.69) is 64.1 Å². The summed E-state index contributed by atoms with van der Waals surface area (Å²) in [5.74, 6) is 2.52. The van der Waals surface area contributed by atoms with Crippen LogP contribution >= 0.6 is 0 Å². The number of aliphatic hydroxyl groups excluding tert-OH is 1. The van der Waals surface area contributed by atoms with Gasteiger partial charge in [-0.3, -0.25) is 14.9 Å². The van der Waals surface area contributed by atoms with Crippen LogP contribution in [-0.2, 0) is 14.3 Å². The van der Waals surface area contributed by atoms with Gasteiger partial charge in [0.05, 0.1) is 17.6 Å². The van der Waals surface area contributed by atoms with Crippen molar-refractivity contribution in [1.82, 2.24) is 16.0 Å². The van der Waals surface area contributed by atoms with Crippen LogP contribution in [0.1, 0.15) is 172 Å². The Morgan fingerprint density at radius 3 is 2.09 bits per heavy atom. The molecule has 11 atom stereocenters. The number of allylic oxidation sites excluding steroid dienone is 1. The third-order valence-corrected chi connectivity index (χ3v) is 16.9. The van der Waals surface area contributed by atoms with E-state index in [1.54, 1.807) is 27.7 Å². The maximum absolute atomic E-state index is 14.5. The van der Waals surface area contributed by atoms with Crippen LogP contribution in [0.4, 0.5) is 4.79 Å². The normalized spacial score (nSPS) is 38.9. The van der Waals surface area contributed by atoms with Gasteiger partial charge in [0.25, 0.3) is 0 Å². The van der Waals surface area contributed by atoms with Crippen LogP contribution in [0.3, 0.4) is 0 Å². The Bertz CT molecular complexity index is 1390. The van der Waals surface area contributed by atoms with Gasteiger partial charge in [0.1, 0.15) is 5.60 Å². The van der Waals surface area contributed by atoms with Gasteiger partial charge in [0.2, 0.25) is 11.8 Å². The first-order valence-corrected chi connectivity index (χ1v) is 22.0. The molecule has 5 saturated carbocycles. The highest BCUT2D eigenvalue weighted by atomic mass is 16.6. The third-order valence-electron chi connectivity index (χ3n) is 16.9. The molecule has 0 unspecified atom stereocenters. The van der Waals surface area contributed by atoms with Gasteiger partial charge in [-0.2, -0.15) is 0 Å². The summed E-state index contributed by atoms with van der Waals surface area (Å²) in [5.41, 5.74) is 1.03. The summed E-state index contributed by atoms with van der Waals surface area (Å²) in [6.07, 6.45) is 16.7. The summed E-state index contributed by atoms with van der Waals surface area (Å²) in [5, 5.41) is 20.1. The molecule has 308 valence electrons. The highest BCUT2D eigenvalue weighted by Gasteiger charge is 2.71. The van der Waals surface area contributed by atoms with Crippen molar-refractivity contribution in [1.29, 1.82) is 0 Å². The second kappa shape index (κ2) is 16.1. The van der Waals surface area contributed by atoms with Crippen molar-refractivity contribution in [3.8, 4) is 0 Å². The quantitative estimate of drug-likeness (QED) is 0.110. The summed E-state index contributed by atoms with van der Waals surface area (Å²) in [6, 6.07) is -0.467. The minimum Gasteiger partial charge on any atom is -0.444 e. The van der Waals surface area contributed by atoms with Gasteiger partial charge < -0.3 is 20.5 Å². The first-order valence-electron chi connectivity index (χ1n) is 22.0. The molecule has 0 aromatic rings. The van der Waals surface area contributed by atoms with E-state index < -0.39 is 17.7 Å². The van der Waals surface area contributed by atoms with Crippen LogP contribution in [0.15, 0.2) is 12.2 Å². The second-order valence-corrected chi connectivity index (χ2v) is 21.3. The molecular formula is C46H79N3O5. The molecule has 5 fully saturated rings. The highest BCUT2D eigenvalue weighted by Crippen LogP contribution is 2.77. The number of carbonyl (C=O) groups excluding carboxylic acids is 3. The van der Waals surface area contributed by atoms with E-state index in [-0.39, 0.29) is 39.1 Å². The average molecular weight is 754 g/mol. The lowest BCUT2D eigenvalue weighted by Gasteiger charge is -2.72.